The predicted octanol–water partition coefficient (Wildman–Crippen LogP) is 14.1. The Morgan fingerprint density at radius 2 is 0.857 bits per heavy atom. The van der Waals surface area contributed by atoms with Gasteiger partial charge in [0.1, 0.15) is 11.2 Å². The summed E-state index contributed by atoms with van der Waals surface area (Å²) in [6.45, 7) is 0. The molecule has 0 spiro atoms. The van der Waals surface area contributed by atoms with Gasteiger partial charge in [0.25, 0.3) is 0 Å². The molecule has 0 atom stereocenters. The van der Waals surface area contributed by atoms with Gasteiger partial charge in [-0.05, 0) is 69.8 Å². The van der Waals surface area contributed by atoms with Crippen molar-refractivity contribution in [3.8, 4) is 67.5 Å². The molecule has 0 aliphatic carbocycles. The lowest BCUT2D eigenvalue weighted by Crippen LogP contribution is -2.00. The van der Waals surface area contributed by atoms with Crippen molar-refractivity contribution >= 4 is 53.4 Å². The number of para-hydroxylation sites is 1. The molecule has 0 amide bonds. The summed E-state index contributed by atoms with van der Waals surface area (Å²) in [4.78, 5) is 15.4. The van der Waals surface area contributed by atoms with Crippen molar-refractivity contribution in [1.82, 2.24) is 15.0 Å². The van der Waals surface area contributed by atoms with E-state index in [9.17, 15) is 0 Å². The van der Waals surface area contributed by atoms with Gasteiger partial charge in [-0.15, -0.1) is 11.3 Å². The topological polar surface area (TPSA) is 51.8 Å². The molecular weight excluding hydrogens is 703 g/mol. The third-order valence-electron chi connectivity index (χ3n) is 10.5. The first-order valence-corrected chi connectivity index (χ1v) is 19.5. The lowest BCUT2D eigenvalue weighted by Gasteiger charge is -2.15. The SMILES string of the molecule is c1ccc(-c2ccc(-c3nc(-c4ccccc4)nc(-c4cc(-c5cc6c(cc5-c5ccccc5)sc5ccccc56)c5c(c4)oc4ccccc45)n3)cc2)cc1. The average molecular weight is 734 g/mol. The summed E-state index contributed by atoms with van der Waals surface area (Å²) in [6.07, 6.45) is 0. The Morgan fingerprint density at radius 3 is 1.57 bits per heavy atom. The third kappa shape index (κ3) is 5.56. The maximum Gasteiger partial charge on any atom is 0.164 e. The number of aromatic nitrogens is 3. The van der Waals surface area contributed by atoms with E-state index in [4.69, 9.17) is 19.4 Å². The number of hydrogen-bond acceptors (Lipinski definition) is 5. The molecule has 0 saturated carbocycles. The van der Waals surface area contributed by atoms with Gasteiger partial charge in [-0.1, -0.05) is 152 Å². The van der Waals surface area contributed by atoms with E-state index >= 15 is 0 Å². The summed E-state index contributed by atoms with van der Waals surface area (Å²) in [7, 11) is 0. The van der Waals surface area contributed by atoms with Gasteiger partial charge in [0, 0.05) is 47.6 Å². The van der Waals surface area contributed by atoms with Gasteiger partial charge < -0.3 is 4.42 Å². The quantitative estimate of drug-likeness (QED) is 0.171. The Hall–Kier alpha value is -7.21. The van der Waals surface area contributed by atoms with Crippen LogP contribution >= 0.6 is 11.3 Å². The van der Waals surface area contributed by atoms with Gasteiger partial charge in [0.05, 0.1) is 0 Å². The van der Waals surface area contributed by atoms with Crippen molar-refractivity contribution in [3.05, 3.63) is 188 Å². The molecule has 0 N–H and O–H groups in total. The Balaban J connectivity index is 1.18. The molecule has 0 fully saturated rings. The molecule has 0 aliphatic rings. The number of hydrogen-bond donors (Lipinski definition) is 0. The van der Waals surface area contributed by atoms with Gasteiger partial charge in [-0.3, -0.25) is 0 Å². The first-order valence-electron chi connectivity index (χ1n) is 18.7. The van der Waals surface area contributed by atoms with Crippen molar-refractivity contribution in [2.45, 2.75) is 0 Å². The molecule has 3 aromatic heterocycles. The number of nitrogens with zero attached hydrogens (tertiary/aromatic N) is 3. The summed E-state index contributed by atoms with van der Waals surface area (Å²) in [5.74, 6) is 1.80. The second-order valence-electron chi connectivity index (χ2n) is 14.0. The zero-order valence-corrected chi connectivity index (χ0v) is 30.9. The van der Waals surface area contributed by atoms with Crippen LogP contribution < -0.4 is 0 Å². The van der Waals surface area contributed by atoms with Crippen LogP contribution in [-0.4, -0.2) is 15.0 Å². The highest BCUT2D eigenvalue weighted by Crippen LogP contribution is 2.46. The smallest absolute Gasteiger partial charge is 0.164 e. The van der Waals surface area contributed by atoms with Gasteiger partial charge in [0.2, 0.25) is 0 Å². The van der Waals surface area contributed by atoms with Crippen LogP contribution in [0.15, 0.2) is 192 Å². The Bertz CT molecular complexity index is 3230. The molecule has 0 bridgehead atoms. The van der Waals surface area contributed by atoms with Crippen molar-refractivity contribution in [1.29, 1.82) is 0 Å². The van der Waals surface area contributed by atoms with E-state index in [-0.39, 0.29) is 0 Å². The number of rotatable bonds is 6. The fraction of sp³-hybridized carbons (Fsp3) is 0. The van der Waals surface area contributed by atoms with E-state index in [1.165, 1.54) is 20.2 Å². The monoisotopic (exact) mass is 733 g/mol. The molecule has 0 unspecified atom stereocenters. The molecule has 11 rings (SSSR count). The average Bonchev–Trinajstić information content (AvgIpc) is 3.84. The molecule has 262 valence electrons. The summed E-state index contributed by atoms with van der Waals surface area (Å²) in [5, 5.41) is 4.62. The normalized spacial score (nSPS) is 11.6. The van der Waals surface area contributed by atoms with Crippen LogP contribution in [0.1, 0.15) is 0 Å². The zero-order chi connectivity index (χ0) is 37.0. The van der Waals surface area contributed by atoms with Crippen molar-refractivity contribution in [2.24, 2.45) is 0 Å². The largest absolute Gasteiger partial charge is 0.456 e. The number of fused-ring (bicyclic) bond motifs is 6. The summed E-state index contributed by atoms with van der Waals surface area (Å²) in [6, 6.07) is 65.7. The van der Waals surface area contributed by atoms with Gasteiger partial charge in [-0.2, -0.15) is 0 Å². The highest BCUT2D eigenvalue weighted by atomic mass is 32.1. The second-order valence-corrected chi connectivity index (χ2v) is 15.1. The minimum Gasteiger partial charge on any atom is -0.456 e. The van der Waals surface area contributed by atoms with Crippen LogP contribution in [0.5, 0.6) is 0 Å². The molecule has 8 aromatic carbocycles. The predicted molar refractivity (Wildman–Crippen MR) is 233 cm³/mol. The van der Waals surface area contributed by atoms with Crippen LogP contribution in [0, 0.1) is 0 Å². The molecule has 11 aromatic rings. The van der Waals surface area contributed by atoms with Gasteiger partial charge in [0.15, 0.2) is 17.5 Å². The maximum atomic E-state index is 6.68. The number of benzene rings is 8. The van der Waals surface area contributed by atoms with Gasteiger partial charge in [-0.25, -0.2) is 15.0 Å². The van der Waals surface area contributed by atoms with Crippen LogP contribution in [0.25, 0.3) is 110 Å². The fourth-order valence-electron chi connectivity index (χ4n) is 7.84. The Morgan fingerprint density at radius 1 is 0.321 bits per heavy atom. The molecule has 3 heterocycles. The first kappa shape index (κ1) is 32.2. The standard InChI is InChI=1S/C51H31N3OS/c1-4-14-32(15-5-1)33-24-26-36(27-25-33)50-52-49(35-18-8-3-9-19-35)53-51(54-50)37-28-43(48-39-21-10-12-22-44(39)55-45(48)29-37)41-30-42-38-20-11-13-23-46(38)56-47(42)31-40(41)34-16-6-2-7-17-34/h1-31H. The van der Waals surface area contributed by atoms with Crippen molar-refractivity contribution in [2.75, 3.05) is 0 Å². The number of furan rings is 1. The minimum atomic E-state index is 0.577. The van der Waals surface area contributed by atoms with E-state index in [0.717, 1.165) is 72.0 Å². The molecule has 0 aliphatic heterocycles. The first-order chi connectivity index (χ1) is 27.7. The van der Waals surface area contributed by atoms with Crippen LogP contribution in [0.3, 0.4) is 0 Å². The minimum absolute atomic E-state index is 0.577. The van der Waals surface area contributed by atoms with Crippen molar-refractivity contribution in [3.63, 3.8) is 0 Å². The Labute approximate surface area is 327 Å². The highest BCUT2D eigenvalue weighted by molar-refractivity contribution is 7.25. The molecule has 0 radical (unpaired) electrons. The van der Waals surface area contributed by atoms with Gasteiger partial charge >= 0.3 is 0 Å². The summed E-state index contributed by atoms with van der Waals surface area (Å²) in [5.41, 5.74) is 11.1. The zero-order valence-electron chi connectivity index (χ0n) is 30.1. The molecular formula is C51H31N3OS. The lowest BCUT2D eigenvalue weighted by molar-refractivity contribution is 0.669. The molecule has 5 heteroatoms. The molecule has 4 nitrogen and oxygen atoms in total. The van der Waals surface area contributed by atoms with E-state index in [1.807, 2.05) is 59.9 Å². The maximum absolute atomic E-state index is 6.68. The van der Waals surface area contributed by atoms with E-state index in [0.29, 0.717) is 17.5 Å². The molecule has 56 heavy (non-hydrogen) atoms. The second kappa shape index (κ2) is 13.3. The highest BCUT2D eigenvalue weighted by Gasteiger charge is 2.22. The Kier molecular flexibility index (Phi) is 7.64. The third-order valence-corrected chi connectivity index (χ3v) is 11.7. The summed E-state index contributed by atoms with van der Waals surface area (Å²) >= 11 is 1.84. The summed E-state index contributed by atoms with van der Waals surface area (Å²) < 4.78 is 9.21. The van der Waals surface area contributed by atoms with E-state index in [2.05, 4.69) is 140 Å². The fourth-order valence-corrected chi connectivity index (χ4v) is 8.97. The molecule has 0 saturated heterocycles. The van der Waals surface area contributed by atoms with E-state index < -0.39 is 0 Å². The van der Waals surface area contributed by atoms with Crippen LogP contribution in [0.4, 0.5) is 0 Å². The van der Waals surface area contributed by atoms with Crippen molar-refractivity contribution < 1.29 is 4.42 Å². The van der Waals surface area contributed by atoms with E-state index in [1.54, 1.807) is 0 Å². The lowest BCUT2D eigenvalue weighted by atomic mass is 9.89. The van der Waals surface area contributed by atoms with Crippen LogP contribution in [0.2, 0.25) is 0 Å². The number of thiophene rings is 1. The van der Waals surface area contributed by atoms with Crippen LogP contribution in [-0.2, 0) is 0 Å².